The van der Waals surface area contributed by atoms with Crippen molar-refractivity contribution in [3.05, 3.63) is 0 Å². The molecule has 148 valence electrons. The largest absolute Gasteiger partial charge is 0.0620 e. The summed E-state index contributed by atoms with van der Waals surface area (Å²) in [5.74, 6) is 1.01. The van der Waals surface area contributed by atoms with Crippen LogP contribution in [0, 0.1) is 27.6 Å². The SMILES string of the molecule is CC1CCCCC12CCCCC21CCCCC12CCCCC21CCCC1. The highest BCUT2D eigenvalue weighted by Gasteiger charge is 2.70. The molecule has 0 heterocycles. The van der Waals surface area contributed by atoms with Crippen LogP contribution in [0.5, 0.6) is 0 Å². The van der Waals surface area contributed by atoms with Crippen LogP contribution in [-0.2, 0) is 0 Å². The van der Waals surface area contributed by atoms with Gasteiger partial charge in [0.15, 0.2) is 0 Å². The molecule has 4 unspecified atom stereocenters. The third kappa shape index (κ3) is 2.14. The van der Waals surface area contributed by atoms with Crippen molar-refractivity contribution in [2.75, 3.05) is 0 Å². The number of hydrogen-bond acceptors (Lipinski definition) is 0. The van der Waals surface area contributed by atoms with Crippen LogP contribution in [-0.4, -0.2) is 0 Å². The maximum Gasteiger partial charge on any atom is -0.0177 e. The number of hydrogen-bond donors (Lipinski definition) is 0. The predicted octanol–water partition coefficient (Wildman–Crippen LogP) is 8.44. The molecule has 0 saturated heterocycles. The van der Waals surface area contributed by atoms with Gasteiger partial charge in [0.05, 0.1) is 0 Å². The molecule has 5 fully saturated rings. The molecule has 5 rings (SSSR count). The van der Waals surface area contributed by atoms with E-state index in [0.29, 0.717) is 0 Å². The van der Waals surface area contributed by atoms with Gasteiger partial charge in [0.2, 0.25) is 0 Å². The van der Waals surface area contributed by atoms with Gasteiger partial charge in [0.1, 0.15) is 0 Å². The summed E-state index contributed by atoms with van der Waals surface area (Å²) in [6.07, 6.45) is 31.6. The van der Waals surface area contributed by atoms with E-state index in [1.807, 2.05) is 0 Å². The lowest BCUT2D eigenvalue weighted by molar-refractivity contribution is -0.244. The smallest absolute Gasteiger partial charge is 0.0177 e. The Morgan fingerprint density at radius 2 is 0.885 bits per heavy atom. The van der Waals surface area contributed by atoms with Crippen molar-refractivity contribution >= 4 is 0 Å². The summed E-state index contributed by atoms with van der Waals surface area (Å²) in [5.41, 5.74) is 2.99. The van der Waals surface area contributed by atoms with Crippen molar-refractivity contribution in [1.29, 1.82) is 0 Å². The second-order valence-corrected chi connectivity index (χ2v) is 11.6. The first kappa shape index (κ1) is 18.1. The highest BCUT2D eigenvalue weighted by atomic mass is 14.7. The fourth-order valence-electron chi connectivity index (χ4n) is 10.6. The van der Waals surface area contributed by atoms with E-state index in [0.717, 1.165) is 27.6 Å². The van der Waals surface area contributed by atoms with Gasteiger partial charge in [-0.15, -0.1) is 0 Å². The van der Waals surface area contributed by atoms with E-state index in [4.69, 9.17) is 0 Å². The van der Waals surface area contributed by atoms with Crippen molar-refractivity contribution in [2.24, 2.45) is 27.6 Å². The summed E-state index contributed by atoms with van der Waals surface area (Å²) in [6.45, 7) is 2.71. The van der Waals surface area contributed by atoms with E-state index >= 15 is 0 Å². The van der Waals surface area contributed by atoms with Crippen LogP contribution < -0.4 is 0 Å². The van der Waals surface area contributed by atoms with Crippen LogP contribution in [0.2, 0.25) is 0 Å². The first-order chi connectivity index (χ1) is 12.7. The minimum Gasteiger partial charge on any atom is -0.0620 e. The third-order valence-electron chi connectivity index (χ3n) is 11.3. The first-order valence-electron chi connectivity index (χ1n) is 12.7. The van der Waals surface area contributed by atoms with Crippen LogP contribution in [0.1, 0.15) is 135 Å². The Hall–Kier alpha value is 0. The van der Waals surface area contributed by atoms with Crippen molar-refractivity contribution in [3.63, 3.8) is 0 Å². The minimum atomic E-state index is 0.733. The standard InChI is InChI=1S/C26H44/c1-22-12-2-3-16-24(22)17-7-9-20-26(24)21-11-10-19-25(26)18-8-6-15-23(25)13-4-5-14-23/h22H,2-21H2,1H3. The molecule has 26 heavy (non-hydrogen) atoms. The van der Waals surface area contributed by atoms with Gasteiger partial charge < -0.3 is 0 Å². The normalized spacial score (nSPS) is 48.6. The molecular formula is C26H44. The van der Waals surface area contributed by atoms with Crippen LogP contribution in [0.15, 0.2) is 0 Å². The van der Waals surface area contributed by atoms with E-state index in [-0.39, 0.29) is 0 Å². The van der Waals surface area contributed by atoms with E-state index in [2.05, 4.69) is 6.92 Å². The Bertz CT molecular complexity index is 496. The lowest BCUT2D eigenvalue weighted by Crippen LogP contribution is -2.65. The molecule has 5 saturated carbocycles. The highest BCUT2D eigenvalue weighted by Crippen LogP contribution is 2.79. The maximum absolute atomic E-state index is 2.71. The quantitative estimate of drug-likeness (QED) is 0.408. The molecule has 0 aromatic carbocycles. The van der Waals surface area contributed by atoms with Gasteiger partial charge in [0.25, 0.3) is 0 Å². The minimum absolute atomic E-state index is 0.733. The molecule has 0 N–H and O–H groups in total. The molecule has 0 heteroatoms. The van der Waals surface area contributed by atoms with Gasteiger partial charge in [-0.1, -0.05) is 77.6 Å². The Labute approximate surface area is 163 Å². The van der Waals surface area contributed by atoms with Crippen molar-refractivity contribution in [3.8, 4) is 0 Å². The molecule has 5 aliphatic carbocycles. The number of fused-ring (bicyclic) bond motifs is 3. The van der Waals surface area contributed by atoms with Crippen molar-refractivity contribution in [2.45, 2.75) is 135 Å². The molecule has 4 atom stereocenters. The average Bonchev–Trinajstić information content (AvgIpc) is 3.14. The maximum atomic E-state index is 2.71. The van der Waals surface area contributed by atoms with Gasteiger partial charge in [0, 0.05) is 0 Å². The molecule has 5 aliphatic rings. The van der Waals surface area contributed by atoms with Crippen LogP contribution in [0.3, 0.4) is 0 Å². The second-order valence-electron chi connectivity index (χ2n) is 11.6. The van der Waals surface area contributed by atoms with Gasteiger partial charge >= 0.3 is 0 Å². The zero-order valence-corrected chi connectivity index (χ0v) is 17.7. The fourth-order valence-corrected chi connectivity index (χ4v) is 10.6. The molecule has 0 aliphatic heterocycles. The molecule has 0 radical (unpaired) electrons. The van der Waals surface area contributed by atoms with Gasteiger partial charge in [-0.3, -0.25) is 0 Å². The molecular weight excluding hydrogens is 312 g/mol. The lowest BCUT2D eigenvalue weighted by atomic mass is 9.31. The highest BCUT2D eigenvalue weighted by molar-refractivity contribution is 5.19. The lowest BCUT2D eigenvalue weighted by Gasteiger charge is -2.73. The first-order valence-corrected chi connectivity index (χ1v) is 12.7. The molecule has 0 aromatic heterocycles. The van der Waals surface area contributed by atoms with Crippen LogP contribution >= 0.6 is 0 Å². The predicted molar refractivity (Wildman–Crippen MR) is 111 cm³/mol. The van der Waals surface area contributed by atoms with E-state index < -0.39 is 0 Å². The zero-order chi connectivity index (χ0) is 17.7. The molecule has 0 nitrogen and oxygen atoms in total. The topological polar surface area (TPSA) is 0 Å². The summed E-state index contributed by atoms with van der Waals surface area (Å²) in [5, 5.41) is 0. The van der Waals surface area contributed by atoms with Crippen LogP contribution in [0.4, 0.5) is 0 Å². The van der Waals surface area contributed by atoms with Crippen molar-refractivity contribution < 1.29 is 0 Å². The Balaban J connectivity index is 1.68. The molecule has 0 bridgehead atoms. The monoisotopic (exact) mass is 356 g/mol. The van der Waals surface area contributed by atoms with Crippen LogP contribution in [0.25, 0.3) is 0 Å². The Morgan fingerprint density at radius 1 is 0.462 bits per heavy atom. The fraction of sp³-hybridized carbons (Fsp3) is 1.00. The summed E-state index contributed by atoms with van der Waals surface area (Å²) < 4.78 is 0. The van der Waals surface area contributed by atoms with E-state index in [1.165, 1.54) is 6.42 Å². The summed E-state index contributed by atoms with van der Waals surface area (Å²) in [7, 11) is 0. The summed E-state index contributed by atoms with van der Waals surface area (Å²) in [4.78, 5) is 0. The van der Waals surface area contributed by atoms with E-state index in [1.54, 1.807) is 122 Å². The zero-order valence-electron chi connectivity index (χ0n) is 17.7. The Morgan fingerprint density at radius 3 is 1.46 bits per heavy atom. The summed E-state index contributed by atoms with van der Waals surface area (Å²) >= 11 is 0. The third-order valence-corrected chi connectivity index (χ3v) is 11.3. The number of rotatable bonds is 0. The van der Waals surface area contributed by atoms with Gasteiger partial charge in [-0.05, 0) is 85.4 Å². The van der Waals surface area contributed by atoms with Gasteiger partial charge in [-0.25, -0.2) is 0 Å². The van der Waals surface area contributed by atoms with E-state index in [9.17, 15) is 0 Å². The average molecular weight is 357 g/mol. The Kier molecular flexibility index (Phi) is 4.53. The second kappa shape index (κ2) is 6.52. The van der Waals surface area contributed by atoms with Crippen molar-refractivity contribution in [1.82, 2.24) is 0 Å². The van der Waals surface area contributed by atoms with Gasteiger partial charge in [-0.2, -0.15) is 0 Å². The molecule has 4 spiro atoms. The molecule has 0 aromatic rings. The molecule has 0 amide bonds. The summed E-state index contributed by atoms with van der Waals surface area (Å²) in [6, 6.07) is 0.